The van der Waals surface area contributed by atoms with Crippen LogP contribution in [-0.2, 0) is 10.2 Å². The van der Waals surface area contributed by atoms with Gasteiger partial charge in [0.1, 0.15) is 0 Å². The van der Waals surface area contributed by atoms with Crippen molar-refractivity contribution in [3.63, 3.8) is 0 Å². The molecule has 0 aliphatic carbocycles. The summed E-state index contributed by atoms with van der Waals surface area (Å²) in [5.41, 5.74) is 1.26. The van der Waals surface area contributed by atoms with Gasteiger partial charge in [-0.1, -0.05) is 36.4 Å². The van der Waals surface area contributed by atoms with Crippen LogP contribution in [-0.4, -0.2) is 13.3 Å². The van der Waals surface area contributed by atoms with E-state index in [4.69, 9.17) is 0 Å². The van der Waals surface area contributed by atoms with Gasteiger partial charge in [-0.15, -0.1) is 3.89 Å². The first-order chi connectivity index (χ1) is 9.86. The fourth-order valence-corrected chi connectivity index (χ4v) is 2.14. The van der Waals surface area contributed by atoms with Crippen LogP contribution >= 0.6 is 0 Å². The lowest BCUT2D eigenvalue weighted by Crippen LogP contribution is -1.90. The normalized spacial score (nSPS) is 11.7. The first kappa shape index (κ1) is 14.9. The zero-order chi connectivity index (χ0) is 15.5. The van der Waals surface area contributed by atoms with Gasteiger partial charge in [0.25, 0.3) is 5.69 Å². The largest absolute Gasteiger partial charge is 0.332 e. The summed E-state index contributed by atoms with van der Waals surface area (Å²) < 4.78 is 34.1. The van der Waals surface area contributed by atoms with Gasteiger partial charge in [0.2, 0.25) is 0 Å². The van der Waals surface area contributed by atoms with Gasteiger partial charge in [0.05, 0.1) is 9.82 Å². The predicted octanol–water partition coefficient (Wildman–Crippen LogP) is 3.42. The van der Waals surface area contributed by atoms with Gasteiger partial charge in [-0.2, -0.15) is 8.42 Å². The molecule has 0 heterocycles. The highest BCUT2D eigenvalue weighted by Crippen LogP contribution is 2.17. The third kappa shape index (κ3) is 3.96. The lowest BCUT2D eigenvalue weighted by atomic mass is 10.1. The SMILES string of the molecule is O=[N+]([O-])c1cccc(/C=C\c2ccc(S(=O)(=O)F)cc2)c1. The van der Waals surface area contributed by atoms with Crippen LogP contribution in [0.2, 0.25) is 0 Å². The zero-order valence-corrected chi connectivity index (χ0v) is 11.5. The number of hydrogen-bond donors (Lipinski definition) is 0. The Balaban J connectivity index is 2.22. The summed E-state index contributed by atoms with van der Waals surface area (Å²) in [6.07, 6.45) is 3.29. The van der Waals surface area contributed by atoms with E-state index in [0.717, 1.165) is 12.1 Å². The van der Waals surface area contributed by atoms with E-state index in [1.807, 2.05) is 0 Å². The van der Waals surface area contributed by atoms with Crippen LogP contribution in [0.3, 0.4) is 0 Å². The van der Waals surface area contributed by atoms with Crippen molar-refractivity contribution in [1.29, 1.82) is 0 Å². The Kier molecular flexibility index (Phi) is 4.13. The number of benzene rings is 2. The Hall–Kier alpha value is -2.54. The molecule has 0 saturated carbocycles. The Bertz CT molecular complexity index is 798. The molecular weight excluding hydrogens is 297 g/mol. The maximum atomic E-state index is 12.7. The van der Waals surface area contributed by atoms with E-state index >= 15 is 0 Å². The Labute approximate surface area is 120 Å². The predicted molar refractivity (Wildman–Crippen MR) is 76.8 cm³/mol. The van der Waals surface area contributed by atoms with Crippen LogP contribution in [0.1, 0.15) is 11.1 Å². The first-order valence-corrected chi connectivity index (χ1v) is 7.22. The Morgan fingerprint density at radius 3 is 2.19 bits per heavy atom. The van der Waals surface area contributed by atoms with Crippen LogP contribution in [0.15, 0.2) is 53.4 Å². The molecule has 0 aliphatic heterocycles. The number of hydrogen-bond acceptors (Lipinski definition) is 4. The molecule has 0 unspecified atom stereocenters. The molecule has 0 bridgehead atoms. The summed E-state index contributed by atoms with van der Waals surface area (Å²) in [7, 11) is -4.70. The second kappa shape index (κ2) is 5.84. The molecule has 0 aromatic heterocycles. The maximum absolute atomic E-state index is 12.7. The monoisotopic (exact) mass is 307 g/mol. The Morgan fingerprint density at radius 1 is 1.00 bits per heavy atom. The summed E-state index contributed by atoms with van der Waals surface area (Å²) in [5.74, 6) is 0. The first-order valence-electron chi connectivity index (χ1n) is 5.83. The van der Waals surface area contributed by atoms with Gasteiger partial charge in [-0.25, -0.2) is 0 Å². The molecule has 2 aromatic rings. The third-order valence-electron chi connectivity index (χ3n) is 2.71. The molecule has 0 saturated heterocycles. The van der Waals surface area contributed by atoms with Crippen LogP contribution < -0.4 is 0 Å². The molecule has 0 radical (unpaired) electrons. The van der Waals surface area contributed by atoms with E-state index < -0.39 is 20.0 Å². The highest BCUT2D eigenvalue weighted by Gasteiger charge is 2.10. The second-order valence-electron chi connectivity index (χ2n) is 4.19. The highest BCUT2D eigenvalue weighted by molar-refractivity contribution is 7.86. The smallest absolute Gasteiger partial charge is 0.258 e. The Morgan fingerprint density at radius 2 is 1.62 bits per heavy atom. The van der Waals surface area contributed by atoms with Crippen LogP contribution in [0.5, 0.6) is 0 Å². The van der Waals surface area contributed by atoms with E-state index in [0.29, 0.717) is 11.1 Å². The van der Waals surface area contributed by atoms with Gasteiger partial charge >= 0.3 is 10.2 Å². The van der Waals surface area contributed by atoms with Gasteiger partial charge in [0.15, 0.2) is 0 Å². The highest BCUT2D eigenvalue weighted by atomic mass is 32.3. The molecule has 5 nitrogen and oxygen atoms in total. The summed E-state index contributed by atoms with van der Waals surface area (Å²) in [6.45, 7) is 0. The number of rotatable bonds is 4. The maximum Gasteiger partial charge on any atom is 0.332 e. The van der Waals surface area contributed by atoms with Gasteiger partial charge in [-0.3, -0.25) is 10.1 Å². The van der Waals surface area contributed by atoms with E-state index in [1.165, 1.54) is 24.3 Å². The van der Waals surface area contributed by atoms with E-state index in [-0.39, 0.29) is 5.69 Å². The minimum absolute atomic E-state index is 0.0176. The zero-order valence-electron chi connectivity index (χ0n) is 10.6. The molecule has 0 aliphatic rings. The van der Waals surface area contributed by atoms with E-state index in [9.17, 15) is 22.4 Å². The van der Waals surface area contributed by atoms with Gasteiger partial charge in [0, 0.05) is 12.1 Å². The van der Waals surface area contributed by atoms with E-state index in [2.05, 4.69) is 0 Å². The molecule has 0 amide bonds. The summed E-state index contributed by atoms with van der Waals surface area (Å²) in [5, 5.41) is 10.6. The van der Waals surface area contributed by atoms with Crippen LogP contribution in [0.4, 0.5) is 9.57 Å². The lowest BCUT2D eigenvalue weighted by Gasteiger charge is -1.97. The molecule has 0 fully saturated rings. The fourth-order valence-electron chi connectivity index (χ4n) is 1.68. The molecule has 0 spiro atoms. The molecule has 0 N–H and O–H groups in total. The van der Waals surface area contributed by atoms with Crippen molar-refractivity contribution in [2.45, 2.75) is 4.90 Å². The second-order valence-corrected chi connectivity index (χ2v) is 5.54. The quantitative estimate of drug-likeness (QED) is 0.375. The minimum atomic E-state index is -4.70. The number of nitrogens with zero attached hydrogens (tertiary/aromatic N) is 1. The van der Waals surface area contributed by atoms with Gasteiger partial charge in [-0.05, 0) is 23.3 Å². The van der Waals surface area contributed by atoms with Crippen LogP contribution in [0, 0.1) is 10.1 Å². The van der Waals surface area contributed by atoms with Crippen molar-refractivity contribution in [2.75, 3.05) is 0 Å². The topological polar surface area (TPSA) is 77.3 Å². The lowest BCUT2D eigenvalue weighted by molar-refractivity contribution is -0.384. The molecule has 108 valence electrons. The van der Waals surface area contributed by atoms with Crippen molar-refractivity contribution >= 4 is 28.1 Å². The summed E-state index contributed by atoms with van der Waals surface area (Å²) in [4.78, 5) is 9.75. The number of nitro groups is 1. The van der Waals surface area contributed by atoms with Crippen molar-refractivity contribution in [2.24, 2.45) is 0 Å². The standard InChI is InChI=1S/C14H10FNO4S/c15-21(19,20)14-8-6-11(7-9-14)4-5-12-2-1-3-13(10-12)16(17)18/h1-10H/b5-4-. The number of nitro benzene ring substituents is 1. The van der Waals surface area contributed by atoms with Crippen molar-refractivity contribution in [3.8, 4) is 0 Å². The molecule has 7 heteroatoms. The van der Waals surface area contributed by atoms with E-state index in [1.54, 1.807) is 24.3 Å². The minimum Gasteiger partial charge on any atom is -0.258 e. The summed E-state index contributed by atoms with van der Waals surface area (Å²) in [6, 6.07) is 11.3. The molecule has 0 atom stereocenters. The molecule has 2 rings (SSSR count). The summed E-state index contributed by atoms with van der Waals surface area (Å²) >= 11 is 0. The molecule has 21 heavy (non-hydrogen) atoms. The molecule has 2 aromatic carbocycles. The van der Waals surface area contributed by atoms with Gasteiger partial charge < -0.3 is 0 Å². The van der Waals surface area contributed by atoms with Crippen molar-refractivity contribution in [3.05, 3.63) is 69.8 Å². The number of non-ortho nitro benzene ring substituents is 1. The third-order valence-corrected chi connectivity index (χ3v) is 3.55. The fraction of sp³-hybridized carbons (Fsp3) is 0. The molecular formula is C14H10FNO4S. The average Bonchev–Trinajstić information content (AvgIpc) is 2.45. The average molecular weight is 307 g/mol. The van der Waals surface area contributed by atoms with Crippen LogP contribution in [0.25, 0.3) is 12.2 Å². The number of halogens is 1. The van der Waals surface area contributed by atoms with Crippen molar-refractivity contribution in [1.82, 2.24) is 0 Å². The van der Waals surface area contributed by atoms with Crippen molar-refractivity contribution < 1.29 is 17.2 Å².